The largest absolute Gasteiger partial charge is 0.338 e. The highest BCUT2D eigenvalue weighted by Crippen LogP contribution is 2.23. The van der Waals surface area contributed by atoms with E-state index in [-0.39, 0.29) is 5.91 Å². The normalized spacial score (nSPS) is 13.6. The van der Waals surface area contributed by atoms with Crippen molar-refractivity contribution in [2.75, 3.05) is 6.54 Å². The molecule has 1 amide bonds. The zero-order valence-electron chi connectivity index (χ0n) is 13.4. The van der Waals surface area contributed by atoms with E-state index in [9.17, 15) is 4.79 Å². The summed E-state index contributed by atoms with van der Waals surface area (Å²) in [7, 11) is 0. The van der Waals surface area contributed by atoms with E-state index in [0.29, 0.717) is 13.0 Å². The van der Waals surface area contributed by atoms with Crippen molar-refractivity contribution in [2.45, 2.75) is 19.4 Å². The van der Waals surface area contributed by atoms with Gasteiger partial charge in [-0.3, -0.25) is 9.89 Å². The maximum absolute atomic E-state index is 12.7. The minimum Gasteiger partial charge on any atom is -0.338 e. The molecule has 0 fully saturated rings. The van der Waals surface area contributed by atoms with E-state index in [1.807, 2.05) is 41.3 Å². The highest BCUT2D eigenvalue weighted by atomic mass is 16.2. The Morgan fingerprint density at radius 3 is 2.62 bits per heavy atom. The van der Waals surface area contributed by atoms with Crippen molar-refractivity contribution in [2.24, 2.45) is 0 Å². The molecule has 0 atom stereocenters. The number of benzene rings is 2. The van der Waals surface area contributed by atoms with Crippen molar-refractivity contribution < 1.29 is 4.79 Å². The molecule has 1 aliphatic heterocycles. The third-order valence-corrected chi connectivity index (χ3v) is 4.61. The molecule has 0 spiro atoms. The molecular weight excluding hydrogens is 298 g/mol. The zero-order chi connectivity index (χ0) is 16.4. The van der Waals surface area contributed by atoms with Crippen LogP contribution in [0.15, 0.2) is 60.8 Å². The van der Waals surface area contributed by atoms with Gasteiger partial charge < -0.3 is 4.90 Å². The first-order valence-electron chi connectivity index (χ1n) is 8.23. The third kappa shape index (κ3) is 2.83. The second kappa shape index (κ2) is 6.32. The summed E-state index contributed by atoms with van der Waals surface area (Å²) < 4.78 is 0. The number of hydrogen-bond donors (Lipinski definition) is 1. The number of nitrogens with one attached hydrogen (secondary N) is 1. The molecule has 0 bridgehead atoms. The lowest BCUT2D eigenvalue weighted by Gasteiger charge is -2.29. The van der Waals surface area contributed by atoms with Crippen LogP contribution in [0.4, 0.5) is 0 Å². The summed E-state index contributed by atoms with van der Waals surface area (Å²) in [4.78, 5) is 14.7. The van der Waals surface area contributed by atoms with Crippen LogP contribution >= 0.6 is 0 Å². The van der Waals surface area contributed by atoms with Gasteiger partial charge in [-0.1, -0.05) is 54.6 Å². The predicted molar refractivity (Wildman–Crippen MR) is 93.3 cm³/mol. The number of carbonyl (C=O) groups is 1. The van der Waals surface area contributed by atoms with Gasteiger partial charge in [0.05, 0.1) is 18.3 Å². The minimum absolute atomic E-state index is 0.156. The molecule has 0 unspecified atom stereocenters. The van der Waals surface area contributed by atoms with Crippen molar-refractivity contribution in [3.8, 4) is 11.3 Å². The number of aromatic amines is 1. The first-order chi connectivity index (χ1) is 11.8. The van der Waals surface area contributed by atoms with Gasteiger partial charge in [-0.15, -0.1) is 0 Å². The summed E-state index contributed by atoms with van der Waals surface area (Å²) in [5, 5.41) is 7.16. The Morgan fingerprint density at radius 2 is 1.79 bits per heavy atom. The number of hydrogen-bond acceptors (Lipinski definition) is 2. The number of H-pyrrole nitrogens is 1. The van der Waals surface area contributed by atoms with Crippen LogP contribution in [-0.2, 0) is 24.2 Å². The predicted octanol–water partition coefficient (Wildman–Crippen LogP) is 3.20. The van der Waals surface area contributed by atoms with Gasteiger partial charge in [0, 0.05) is 18.7 Å². The molecule has 4 nitrogen and oxygen atoms in total. The van der Waals surface area contributed by atoms with E-state index >= 15 is 0 Å². The fourth-order valence-corrected chi connectivity index (χ4v) is 3.28. The van der Waals surface area contributed by atoms with E-state index in [1.165, 1.54) is 11.1 Å². The maximum atomic E-state index is 12.7. The summed E-state index contributed by atoms with van der Waals surface area (Å²) in [6, 6.07) is 18.4. The molecule has 0 radical (unpaired) electrons. The van der Waals surface area contributed by atoms with Gasteiger partial charge in [0.25, 0.3) is 0 Å². The third-order valence-electron chi connectivity index (χ3n) is 4.61. The average molecular weight is 317 g/mol. The quantitative estimate of drug-likeness (QED) is 0.806. The number of nitrogens with zero attached hydrogens (tertiary/aromatic N) is 2. The summed E-state index contributed by atoms with van der Waals surface area (Å²) in [6.45, 7) is 1.49. The van der Waals surface area contributed by atoms with Gasteiger partial charge in [-0.25, -0.2) is 0 Å². The summed E-state index contributed by atoms with van der Waals surface area (Å²) >= 11 is 0. The van der Waals surface area contributed by atoms with E-state index in [0.717, 1.165) is 29.8 Å². The van der Waals surface area contributed by atoms with Crippen molar-refractivity contribution in [3.05, 3.63) is 77.5 Å². The Bertz CT molecular complexity index is 854. The smallest absolute Gasteiger partial charge is 0.227 e. The second-order valence-corrected chi connectivity index (χ2v) is 6.15. The van der Waals surface area contributed by atoms with E-state index < -0.39 is 0 Å². The topological polar surface area (TPSA) is 49.0 Å². The highest BCUT2D eigenvalue weighted by molar-refractivity contribution is 5.81. The molecule has 1 N–H and O–H groups in total. The van der Waals surface area contributed by atoms with E-state index in [4.69, 9.17) is 0 Å². The molecule has 2 heterocycles. The van der Waals surface area contributed by atoms with Crippen molar-refractivity contribution >= 4 is 5.91 Å². The lowest BCUT2D eigenvalue weighted by Crippen LogP contribution is -2.36. The first kappa shape index (κ1) is 14.7. The van der Waals surface area contributed by atoms with Crippen LogP contribution in [0.2, 0.25) is 0 Å². The van der Waals surface area contributed by atoms with Crippen molar-refractivity contribution in [3.63, 3.8) is 0 Å². The molecule has 120 valence electrons. The number of carbonyl (C=O) groups excluding carboxylic acids is 1. The highest BCUT2D eigenvalue weighted by Gasteiger charge is 2.21. The van der Waals surface area contributed by atoms with Gasteiger partial charge in [-0.2, -0.15) is 5.10 Å². The monoisotopic (exact) mass is 317 g/mol. The Labute approximate surface area is 141 Å². The maximum Gasteiger partial charge on any atom is 0.227 e. The molecule has 2 aromatic carbocycles. The number of aromatic nitrogens is 2. The lowest BCUT2D eigenvalue weighted by molar-refractivity contribution is -0.131. The molecule has 4 heteroatoms. The van der Waals surface area contributed by atoms with Gasteiger partial charge in [-0.05, 0) is 23.1 Å². The standard InChI is InChI=1S/C20H19N3O/c24-19(23-11-10-15-6-4-5-9-17(15)14-23)12-18-13-21-22-20(18)16-7-2-1-3-8-16/h1-9,13H,10-12,14H2,(H,21,22). The Morgan fingerprint density at radius 1 is 1.04 bits per heavy atom. The van der Waals surface area contributed by atoms with Crippen LogP contribution < -0.4 is 0 Å². The van der Waals surface area contributed by atoms with Gasteiger partial charge in [0.1, 0.15) is 0 Å². The molecule has 1 aliphatic rings. The fraction of sp³-hybridized carbons (Fsp3) is 0.200. The molecule has 0 aliphatic carbocycles. The zero-order valence-corrected chi connectivity index (χ0v) is 13.4. The summed E-state index contributed by atoms with van der Waals surface area (Å²) in [5.41, 5.74) is 5.55. The number of rotatable bonds is 3. The molecule has 24 heavy (non-hydrogen) atoms. The van der Waals surface area contributed by atoms with Crippen LogP contribution in [0.1, 0.15) is 16.7 Å². The van der Waals surface area contributed by atoms with Gasteiger partial charge in [0.2, 0.25) is 5.91 Å². The van der Waals surface area contributed by atoms with E-state index in [2.05, 4.69) is 28.4 Å². The van der Waals surface area contributed by atoms with Crippen LogP contribution in [0.5, 0.6) is 0 Å². The Hall–Kier alpha value is -2.88. The van der Waals surface area contributed by atoms with Crippen LogP contribution in [0, 0.1) is 0 Å². The average Bonchev–Trinajstić information content (AvgIpc) is 3.10. The van der Waals surface area contributed by atoms with Crippen molar-refractivity contribution in [1.29, 1.82) is 0 Å². The molecule has 1 aromatic heterocycles. The van der Waals surface area contributed by atoms with Gasteiger partial charge >= 0.3 is 0 Å². The summed E-state index contributed by atoms with van der Waals surface area (Å²) in [6.07, 6.45) is 3.07. The Kier molecular flexibility index (Phi) is 3.87. The van der Waals surface area contributed by atoms with Crippen LogP contribution in [0.3, 0.4) is 0 Å². The van der Waals surface area contributed by atoms with E-state index in [1.54, 1.807) is 6.20 Å². The molecule has 0 saturated carbocycles. The molecular formula is C20H19N3O. The fourth-order valence-electron chi connectivity index (χ4n) is 3.28. The van der Waals surface area contributed by atoms with Crippen LogP contribution in [0.25, 0.3) is 11.3 Å². The molecule has 0 saturated heterocycles. The van der Waals surface area contributed by atoms with Crippen molar-refractivity contribution in [1.82, 2.24) is 15.1 Å². The van der Waals surface area contributed by atoms with Gasteiger partial charge in [0.15, 0.2) is 0 Å². The number of amides is 1. The lowest BCUT2D eigenvalue weighted by atomic mass is 9.99. The molecule has 4 rings (SSSR count). The Balaban J connectivity index is 1.51. The number of fused-ring (bicyclic) bond motifs is 1. The SMILES string of the molecule is O=C(Cc1cn[nH]c1-c1ccccc1)N1CCc2ccccc2C1. The molecule has 3 aromatic rings. The minimum atomic E-state index is 0.156. The second-order valence-electron chi connectivity index (χ2n) is 6.15. The van der Waals surface area contributed by atoms with Crippen LogP contribution in [-0.4, -0.2) is 27.5 Å². The first-order valence-corrected chi connectivity index (χ1v) is 8.23. The summed E-state index contributed by atoms with van der Waals surface area (Å²) in [5.74, 6) is 0.156.